The first-order valence-corrected chi connectivity index (χ1v) is 10.5. The summed E-state index contributed by atoms with van der Waals surface area (Å²) in [4.78, 5) is 0. The molecule has 2 aromatic rings. The van der Waals surface area contributed by atoms with E-state index in [4.69, 9.17) is 4.74 Å². The predicted molar refractivity (Wildman–Crippen MR) is 114 cm³/mol. The first kappa shape index (κ1) is 18.3. The van der Waals surface area contributed by atoms with Crippen molar-refractivity contribution >= 4 is 10.8 Å². The van der Waals surface area contributed by atoms with E-state index in [9.17, 15) is 0 Å². The molecule has 2 aliphatic rings. The molecule has 0 radical (unpaired) electrons. The number of rotatable bonds is 9. The van der Waals surface area contributed by atoms with E-state index < -0.39 is 0 Å². The smallest absolute Gasteiger partial charge is 0.0720 e. The largest absolute Gasteiger partial charge is 0.385 e. The van der Waals surface area contributed by atoms with Crippen molar-refractivity contribution in [3.05, 3.63) is 72.0 Å². The highest BCUT2D eigenvalue weighted by Crippen LogP contribution is 2.37. The van der Waals surface area contributed by atoms with Crippen molar-refractivity contribution in [3.63, 3.8) is 0 Å². The van der Waals surface area contributed by atoms with Gasteiger partial charge in [0.2, 0.25) is 0 Å². The van der Waals surface area contributed by atoms with Crippen molar-refractivity contribution < 1.29 is 4.74 Å². The fourth-order valence-corrected chi connectivity index (χ4v) is 4.18. The van der Waals surface area contributed by atoms with Crippen molar-refractivity contribution in [3.8, 4) is 0 Å². The monoisotopic (exact) mass is 361 g/mol. The third kappa shape index (κ3) is 4.62. The topological polar surface area (TPSA) is 21.3 Å². The van der Waals surface area contributed by atoms with Gasteiger partial charge >= 0.3 is 0 Å². The number of benzene rings is 2. The molecule has 4 rings (SSSR count). The highest BCUT2D eigenvalue weighted by molar-refractivity contribution is 5.82. The summed E-state index contributed by atoms with van der Waals surface area (Å²) < 4.78 is 6.15. The molecule has 0 spiro atoms. The first-order valence-electron chi connectivity index (χ1n) is 10.5. The summed E-state index contributed by atoms with van der Waals surface area (Å²) in [6.45, 7) is 5.45. The van der Waals surface area contributed by atoms with E-state index in [1.807, 2.05) is 6.08 Å². The average molecular weight is 362 g/mol. The summed E-state index contributed by atoms with van der Waals surface area (Å²) in [7, 11) is 0. The third-order valence-corrected chi connectivity index (χ3v) is 6.14. The second-order valence-electron chi connectivity index (χ2n) is 8.10. The summed E-state index contributed by atoms with van der Waals surface area (Å²) in [5, 5.41) is 6.17. The quantitative estimate of drug-likeness (QED) is 0.543. The number of ether oxygens (including phenoxy) is 1. The molecule has 0 heterocycles. The van der Waals surface area contributed by atoms with Crippen molar-refractivity contribution in [2.75, 3.05) is 6.54 Å². The fourth-order valence-electron chi connectivity index (χ4n) is 4.18. The maximum absolute atomic E-state index is 6.15. The van der Waals surface area contributed by atoms with Crippen molar-refractivity contribution in [2.45, 2.75) is 57.7 Å². The van der Waals surface area contributed by atoms with Crippen LogP contribution in [0.4, 0.5) is 0 Å². The molecule has 2 nitrogen and oxygen atoms in total. The van der Waals surface area contributed by atoms with Crippen LogP contribution in [0.5, 0.6) is 0 Å². The summed E-state index contributed by atoms with van der Waals surface area (Å²) >= 11 is 0. The van der Waals surface area contributed by atoms with E-state index >= 15 is 0 Å². The molecule has 2 aromatic carbocycles. The van der Waals surface area contributed by atoms with Crippen LogP contribution in [0, 0.1) is 5.92 Å². The predicted octanol–water partition coefficient (Wildman–Crippen LogP) is 6.13. The van der Waals surface area contributed by atoms with Crippen LogP contribution in [0.25, 0.3) is 10.8 Å². The summed E-state index contributed by atoms with van der Waals surface area (Å²) in [5.41, 5.74) is 4.43. The van der Waals surface area contributed by atoms with E-state index in [1.54, 1.807) is 5.57 Å². The fraction of sp³-hybridized carbons (Fsp3) is 0.440. The van der Waals surface area contributed by atoms with Gasteiger partial charge < -0.3 is 10.1 Å². The summed E-state index contributed by atoms with van der Waals surface area (Å²) in [5.74, 6) is 0.827. The molecule has 0 amide bonds. The van der Waals surface area contributed by atoms with Crippen LogP contribution in [0.15, 0.2) is 66.4 Å². The highest BCUT2D eigenvalue weighted by Gasteiger charge is 2.30. The number of fused-ring (bicyclic) bond motifs is 1. The second kappa shape index (κ2) is 8.75. The minimum absolute atomic E-state index is 0.447. The van der Waals surface area contributed by atoms with E-state index in [0.717, 1.165) is 19.1 Å². The Labute approximate surface area is 163 Å². The molecular weight excluding hydrogens is 330 g/mol. The molecule has 2 aliphatic carbocycles. The lowest BCUT2D eigenvalue weighted by molar-refractivity contribution is -0.0419. The Hall–Kier alpha value is -2.06. The lowest BCUT2D eigenvalue weighted by Gasteiger charge is -2.36. The van der Waals surface area contributed by atoms with Gasteiger partial charge in [0.05, 0.1) is 12.7 Å². The van der Waals surface area contributed by atoms with Crippen LogP contribution in [0.2, 0.25) is 0 Å². The Balaban J connectivity index is 1.20. The zero-order valence-electron chi connectivity index (χ0n) is 16.3. The van der Waals surface area contributed by atoms with Crippen molar-refractivity contribution in [2.24, 2.45) is 5.92 Å². The zero-order chi connectivity index (χ0) is 18.5. The van der Waals surface area contributed by atoms with Crippen LogP contribution in [-0.2, 0) is 11.3 Å². The molecule has 0 aliphatic heterocycles. The molecule has 27 heavy (non-hydrogen) atoms. The third-order valence-electron chi connectivity index (χ3n) is 6.14. The summed E-state index contributed by atoms with van der Waals surface area (Å²) in [6.07, 6.45) is 11.3. The number of nitrogens with one attached hydrogen (secondary N) is 1. The normalized spacial score (nSPS) is 21.4. The minimum Gasteiger partial charge on any atom is -0.385 e. The maximum Gasteiger partial charge on any atom is 0.0720 e. The molecule has 1 N–H and O–H groups in total. The van der Waals surface area contributed by atoms with Gasteiger partial charge in [-0.15, -0.1) is 6.58 Å². The van der Waals surface area contributed by atoms with Gasteiger partial charge in [0.15, 0.2) is 0 Å². The van der Waals surface area contributed by atoms with Gasteiger partial charge in [-0.2, -0.15) is 0 Å². The molecule has 2 fully saturated rings. The average Bonchev–Trinajstić information content (AvgIpc) is 2.62. The molecule has 0 bridgehead atoms. The van der Waals surface area contributed by atoms with E-state index in [2.05, 4.69) is 54.4 Å². The lowest BCUT2D eigenvalue weighted by Crippen LogP contribution is -2.31. The minimum atomic E-state index is 0.447. The van der Waals surface area contributed by atoms with Gasteiger partial charge in [-0.05, 0) is 73.3 Å². The molecular formula is C25H31NO. The Morgan fingerprint density at radius 1 is 1.11 bits per heavy atom. The van der Waals surface area contributed by atoms with E-state index in [0.29, 0.717) is 6.10 Å². The molecule has 0 saturated heterocycles. The van der Waals surface area contributed by atoms with Gasteiger partial charge in [0.1, 0.15) is 0 Å². The maximum atomic E-state index is 6.15. The highest BCUT2D eigenvalue weighted by atomic mass is 16.5. The second-order valence-corrected chi connectivity index (χ2v) is 8.10. The number of hydrogen-bond donors (Lipinski definition) is 1. The number of allylic oxidation sites excluding steroid dienone is 2. The van der Waals surface area contributed by atoms with Crippen LogP contribution in [0.3, 0.4) is 0 Å². The molecule has 2 saturated carbocycles. The Morgan fingerprint density at radius 2 is 1.93 bits per heavy atom. The molecule has 0 unspecified atom stereocenters. The zero-order valence-corrected chi connectivity index (χ0v) is 16.3. The van der Waals surface area contributed by atoms with Gasteiger partial charge in [-0.3, -0.25) is 0 Å². The standard InChI is InChI=1S/C25H31NO/c1-2-14-26-25(22-8-5-9-22)13-11-19-16-24(17-19)27-18-20-10-12-21-6-3-4-7-23(21)15-20/h2-4,6-7,10,12,15,19,24,26H,1,5,8-9,11,13-14,16-18H2. The van der Waals surface area contributed by atoms with E-state index in [1.165, 1.54) is 67.0 Å². The molecule has 2 heteroatoms. The molecule has 0 atom stereocenters. The molecule has 142 valence electrons. The van der Waals surface area contributed by atoms with Gasteiger partial charge in [0, 0.05) is 12.2 Å². The lowest BCUT2D eigenvalue weighted by atomic mass is 9.78. The van der Waals surface area contributed by atoms with E-state index in [-0.39, 0.29) is 0 Å². The van der Waals surface area contributed by atoms with Crippen molar-refractivity contribution in [1.29, 1.82) is 0 Å². The number of hydrogen-bond acceptors (Lipinski definition) is 2. The Kier molecular flexibility index (Phi) is 5.94. The van der Waals surface area contributed by atoms with Gasteiger partial charge in [-0.1, -0.05) is 48.0 Å². The van der Waals surface area contributed by atoms with Gasteiger partial charge in [-0.25, -0.2) is 0 Å². The SMILES string of the molecule is C=CCNC(CCC1CC(OCc2ccc3ccccc3c2)C1)=C1CCC1. The van der Waals surface area contributed by atoms with Crippen molar-refractivity contribution in [1.82, 2.24) is 5.32 Å². The molecule has 0 aromatic heterocycles. The Morgan fingerprint density at radius 3 is 2.67 bits per heavy atom. The van der Waals surface area contributed by atoms with Gasteiger partial charge in [0.25, 0.3) is 0 Å². The Bertz CT molecular complexity index is 810. The van der Waals surface area contributed by atoms with Crippen LogP contribution in [0.1, 0.15) is 50.5 Å². The summed E-state index contributed by atoms with van der Waals surface area (Å²) in [6, 6.07) is 15.2. The van der Waals surface area contributed by atoms with Crippen LogP contribution in [-0.4, -0.2) is 12.6 Å². The van der Waals surface area contributed by atoms with Crippen LogP contribution < -0.4 is 5.32 Å². The van der Waals surface area contributed by atoms with Crippen LogP contribution >= 0.6 is 0 Å². The first-order chi connectivity index (χ1) is 13.3.